The van der Waals surface area contributed by atoms with Crippen LogP contribution in [-0.4, -0.2) is 55.2 Å². The molecular weight excluding hydrogens is 841 g/mol. The van der Waals surface area contributed by atoms with Gasteiger partial charge in [-0.15, -0.1) is 0 Å². The van der Waals surface area contributed by atoms with Crippen molar-refractivity contribution in [2.24, 2.45) is 0 Å². The first-order valence-corrected chi connectivity index (χ1v) is 18.7. The van der Waals surface area contributed by atoms with Gasteiger partial charge in [-0.25, -0.2) is 31.2 Å². The summed E-state index contributed by atoms with van der Waals surface area (Å²) in [5.74, 6) is -4.11. The lowest BCUT2D eigenvalue weighted by molar-refractivity contribution is -0.141. The Balaban J connectivity index is 0.000000291. The summed E-state index contributed by atoms with van der Waals surface area (Å²) in [5, 5.41) is 4.20. The van der Waals surface area contributed by atoms with E-state index in [0.29, 0.717) is 16.6 Å². The van der Waals surface area contributed by atoms with Crippen molar-refractivity contribution in [3.63, 3.8) is 0 Å². The molecule has 0 bridgehead atoms. The van der Waals surface area contributed by atoms with Crippen LogP contribution in [0.5, 0.6) is 5.75 Å². The Morgan fingerprint density at radius 2 is 1.04 bits per heavy atom. The highest BCUT2D eigenvalue weighted by Crippen LogP contribution is 2.33. The second kappa shape index (κ2) is 16.0. The summed E-state index contributed by atoms with van der Waals surface area (Å²) >= 11 is 3.18. The Bertz CT molecular complexity index is 2250. The number of pyridine rings is 2. The fourth-order valence-corrected chi connectivity index (χ4v) is 7.15. The molecule has 4 rings (SSSR count). The van der Waals surface area contributed by atoms with Gasteiger partial charge in [-0.3, -0.25) is 9.59 Å². The fraction of sp³-hybridized carbons (Fsp3) is 0.273. The highest BCUT2D eigenvalue weighted by Gasteiger charge is 2.45. The van der Waals surface area contributed by atoms with Crippen molar-refractivity contribution in [3.8, 4) is 5.75 Å². The predicted octanol–water partition coefficient (Wildman–Crippen LogP) is 7.49. The molecule has 2 N–H and O–H groups in total. The van der Waals surface area contributed by atoms with Crippen LogP contribution in [0.1, 0.15) is 39.1 Å². The van der Waals surface area contributed by atoms with Crippen molar-refractivity contribution in [1.29, 1.82) is 0 Å². The quantitative estimate of drug-likeness (QED) is 0.162. The molecule has 0 fully saturated rings. The maximum atomic E-state index is 13.9. The zero-order valence-electron chi connectivity index (χ0n) is 28.6. The molecule has 0 unspecified atom stereocenters. The first-order chi connectivity index (χ1) is 24.7. The zero-order valence-corrected chi connectivity index (χ0v) is 31.8. The van der Waals surface area contributed by atoms with Crippen molar-refractivity contribution in [2.45, 2.75) is 59.3 Å². The average molecular weight is 872 g/mol. The minimum atomic E-state index is -4.73. The molecule has 0 aliphatic carbocycles. The maximum Gasteiger partial charge on any atom is 0.433 e. The number of carbonyl (C=O) groups excluding carboxylic acids is 2. The first kappa shape index (κ1) is 43.8. The lowest BCUT2D eigenvalue weighted by Gasteiger charge is -2.24. The van der Waals surface area contributed by atoms with Crippen LogP contribution in [0.15, 0.2) is 93.1 Å². The first-order valence-electron chi connectivity index (χ1n) is 15.0. The van der Waals surface area contributed by atoms with Crippen LogP contribution < -0.4 is 15.4 Å². The number of alkyl halides is 6. The number of amides is 2. The number of halogens is 8. The lowest BCUT2D eigenvalue weighted by Crippen LogP contribution is -2.44. The molecular formula is C33H30BrF7N4O7S2. The van der Waals surface area contributed by atoms with E-state index in [1.54, 1.807) is 0 Å². The van der Waals surface area contributed by atoms with Gasteiger partial charge < -0.3 is 15.4 Å². The topological polar surface area (TPSA) is 161 Å². The molecule has 0 radical (unpaired) electrons. The number of nitrogens with zero attached hydrogens (tertiary/aromatic N) is 2. The normalized spacial score (nSPS) is 12.6. The van der Waals surface area contributed by atoms with E-state index in [1.807, 2.05) is 0 Å². The SMILES string of the molecule is CC(C)(C(=O)Nc1cccc(C(F)(F)F)n1)S(=O)(=O)c1ccc(Br)cc1.COc1ccc(S(=O)(=O)C(C)(C)C(=O)Nc2cccc(C(F)(F)F)n2)cc1F. The van der Waals surface area contributed by atoms with Gasteiger partial charge >= 0.3 is 12.4 Å². The van der Waals surface area contributed by atoms with Gasteiger partial charge in [0.25, 0.3) is 0 Å². The van der Waals surface area contributed by atoms with Gasteiger partial charge in [0.2, 0.25) is 11.8 Å². The van der Waals surface area contributed by atoms with E-state index >= 15 is 0 Å². The standard InChI is InChI=1S/C17H16F4N2O4S.C16H14BrF3N2O3S/c1-16(2,28(25,26)10-7-8-12(27-3)11(18)9-10)15(24)23-14-6-4-5-13(22-14)17(19,20)21;1-15(2,26(24,25)11-8-6-10(17)7-9-11)14(23)22-13-5-3-4-12(21-13)16(18,19)20/h4-9H,1-3H3,(H,22,23,24);3-9H,1-2H3,(H,21,22,23). The second-order valence-electron chi connectivity index (χ2n) is 12.0. The van der Waals surface area contributed by atoms with Crippen molar-refractivity contribution < 1.29 is 61.9 Å². The van der Waals surface area contributed by atoms with Crippen molar-refractivity contribution >= 4 is 59.1 Å². The van der Waals surface area contributed by atoms with E-state index in [1.165, 1.54) is 45.2 Å². The molecule has 292 valence electrons. The molecule has 0 spiro atoms. The molecule has 2 amide bonds. The third-order valence-electron chi connectivity index (χ3n) is 7.56. The molecule has 0 atom stereocenters. The van der Waals surface area contributed by atoms with Crippen molar-refractivity contribution in [2.75, 3.05) is 17.7 Å². The third kappa shape index (κ3) is 9.72. The number of nitrogens with one attached hydrogen (secondary N) is 2. The number of aromatic nitrogens is 2. The molecule has 21 heteroatoms. The summed E-state index contributed by atoms with van der Waals surface area (Å²) in [7, 11) is -7.30. The van der Waals surface area contributed by atoms with Gasteiger partial charge in [0.1, 0.15) is 32.5 Å². The molecule has 0 saturated carbocycles. The molecule has 4 aromatic rings. The minimum absolute atomic E-state index is 0.0853. The lowest BCUT2D eigenvalue weighted by atomic mass is 10.2. The van der Waals surface area contributed by atoms with E-state index in [9.17, 15) is 57.2 Å². The summed E-state index contributed by atoms with van der Waals surface area (Å²) in [6.45, 7) is 4.45. The van der Waals surface area contributed by atoms with Crippen LogP contribution in [0, 0.1) is 5.82 Å². The summed E-state index contributed by atoms with van der Waals surface area (Å²) in [5.41, 5.74) is -2.44. The van der Waals surface area contributed by atoms with Gasteiger partial charge in [-0.2, -0.15) is 26.3 Å². The minimum Gasteiger partial charge on any atom is -0.494 e. The van der Waals surface area contributed by atoms with Crippen LogP contribution in [0.4, 0.5) is 42.4 Å². The van der Waals surface area contributed by atoms with Crippen molar-refractivity contribution in [3.05, 3.63) is 101 Å². The number of methoxy groups -OCH3 is 1. The van der Waals surface area contributed by atoms with Gasteiger partial charge in [0.15, 0.2) is 31.2 Å². The summed E-state index contributed by atoms with van der Waals surface area (Å²) < 4.78 is 143. The Morgan fingerprint density at radius 1 is 0.648 bits per heavy atom. The van der Waals surface area contributed by atoms with Gasteiger partial charge in [-0.05, 0) is 94.4 Å². The molecule has 0 aliphatic heterocycles. The maximum absolute atomic E-state index is 13.9. The third-order valence-corrected chi connectivity index (χ3v) is 12.9. The van der Waals surface area contributed by atoms with Crippen LogP contribution in [0.3, 0.4) is 0 Å². The van der Waals surface area contributed by atoms with Crippen molar-refractivity contribution in [1.82, 2.24) is 9.97 Å². The van der Waals surface area contributed by atoms with Crippen LogP contribution in [0.2, 0.25) is 0 Å². The van der Waals surface area contributed by atoms with E-state index in [-0.39, 0.29) is 16.5 Å². The molecule has 2 aromatic carbocycles. The van der Waals surface area contributed by atoms with Crippen LogP contribution >= 0.6 is 15.9 Å². The monoisotopic (exact) mass is 870 g/mol. The number of hydrogen-bond acceptors (Lipinski definition) is 9. The van der Waals surface area contributed by atoms with E-state index < -0.39 is 81.3 Å². The van der Waals surface area contributed by atoms with Crippen LogP contribution in [0.25, 0.3) is 0 Å². The molecule has 2 aromatic heterocycles. The molecule has 2 heterocycles. The van der Waals surface area contributed by atoms with Gasteiger partial charge in [0.05, 0.1) is 16.9 Å². The molecule has 11 nitrogen and oxygen atoms in total. The predicted molar refractivity (Wildman–Crippen MR) is 185 cm³/mol. The number of rotatable bonds is 9. The Labute approximate surface area is 313 Å². The number of anilines is 2. The Hall–Kier alpha value is -4.63. The highest BCUT2D eigenvalue weighted by atomic mass is 79.9. The molecule has 0 aliphatic rings. The van der Waals surface area contributed by atoms with E-state index in [2.05, 4.69) is 36.5 Å². The fourth-order valence-electron chi connectivity index (χ4n) is 4.12. The summed E-state index contributed by atoms with van der Waals surface area (Å²) in [4.78, 5) is 31.0. The summed E-state index contributed by atoms with van der Waals surface area (Å²) in [6.07, 6.45) is -9.41. The Kier molecular flexibility index (Phi) is 13.0. The van der Waals surface area contributed by atoms with Gasteiger partial charge in [0, 0.05) is 4.47 Å². The number of benzene rings is 2. The van der Waals surface area contributed by atoms with Crippen LogP contribution in [-0.2, 0) is 41.6 Å². The number of hydrogen-bond donors (Lipinski definition) is 2. The van der Waals surface area contributed by atoms with Gasteiger partial charge in [-0.1, -0.05) is 28.1 Å². The van der Waals surface area contributed by atoms with E-state index in [0.717, 1.165) is 56.3 Å². The average Bonchev–Trinajstić information content (AvgIpc) is 3.08. The number of carbonyl (C=O) groups is 2. The number of sulfone groups is 2. The Morgan fingerprint density at radius 3 is 1.41 bits per heavy atom. The second-order valence-corrected chi connectivity index (χ2v) is 17.9. The molecule has 54 heavy (non-hydrogen) atoms. The summed E-state index contributed by atoms with van der Waals surface area (Å²) in [6, 6.07) is 14.3. The highest BCUT2D eigenvalue weighted by molar-refractivity contribution is 9.10. The zero-order chi connectivity index (χ0) is 41.1. The smallest absolute Gasteiger partial charge is 0.433 e. The number of ether oxygens (including phenoxy) is 1. The molecule has 0 saturated heterocycles. The van der Waals surface area contributed by atoms with E-state index in [4.69, 9.17) is 4.74 Å². The largest absolute Gasteiger partial charge is 0.494 e.